The minimum atomic E-state index is -0.0436. The summed E-state index contributed by atoms with van der Waals surface area (Å²) in [5.41, 5.74) is 3.24. The average Bonchev–Trinajstić information content (AvgIpc) is 3.31. The lowest BCUT2D eigenvalue weighted by atomic mass is 10.1. The Bertz CT molecular complexity index is 925. The van der Waals surface area contributed by atoms with Gasteiger partial charge < -0.3 is 13.8 Å². The molecule has 6 heteroatoms. The number of hydrogen-bond acceptors (Lipinski definition) is 4. The summed E-state index contributed by atoms with van der Waals surface area (Å²) in [5.74, 6) is 1.10. The van der Waals surface area contributed by atoms with Crippen molar-refractivity contribution < 1.29 is 9.32 Å². The first-order chi connectivity index (χ1) is 12.0. The van der Waals surface area contributed by atoms with Crippen LogP contribution >= 0.6 is 0 Å². The number of amides is 1. The summed E-state index contributed by atoms with van der Waals surface area (Å²) in [4.78, 5) is 19.4. The molecule has 25 heavy (non-hydrogen) atoms. The Labute approximate surface area is 146 Å². The minimum absolute atomic E-state index is 0.0321. The normalized spacial score (nSPS) is 17.8. The highest BCUT2D eigenvalue weighted by Gasteiger charge is 2.34. The van der Waals surface area contributed by atoms with Crippen molar-refractivity contribution in [2.45, 2.75) is 45.6 Å². The fourth-order valence-corrected chi connectivity index (χ4v) is 3.40. The molecule has 0 aromatic carbocycles. The molecule has 130 valence electrons. The van der Waals surface area contributed by atoms with Crippen molar-refractivity contribution in [2.24, 2.45) is 0 Å². The number of fused-ring (bicyclic) bond motifs is 1. The zero-order valence-electron chi connectivity index (χ0n) is 14.8. The van der Waals surface area contributed by atoms with Crippen LogP contribution < -0.4 is 0 Å². The lowest BCUT2D eigenvalue weighted by Crippen LogP contribution is -2.31. The van der Waals surface area contributed by atoms with Gasteiger partial charge in [-0.15, -0.1) is 0 Å². The van der Waals surface area contributed by atoms with Crippen LogP contribution in [-0.2, 0) is 0 Å². The van der Waals surface area contributed by atoms with Crippen LogP contribution in [0.15, 0.2) is 35.1 Å². The van der Waals surface area contributed by atoms with E-state index in [-0.39, 0.29) is 17.9 Å². The standard InChI is InChI=1S/C19H22N4O2/c1-12(2)17-9-14(21-25-17)16-5-4-8-23(16)19(24)15-11-22-10-13(3)6-7-18(22)20-15/h6-7,9-12,16H,4-5,8H2,1-3H3/t16-/m1/s1. The van der Waals surface area contributed by atoms with E-state index in [2.05, 4.69) is 24.0 Å². The molecular weight excluding hydrogens is 316 g/mol. The zero-order valence-corrected chi connectivity index (χ0v) is 14.8. The van der Waals surface area contributed by atoms with Crippen LogP contribution in [0, 0.1) is 6.92 Å². The van der Waals surface area contributed by atoms with Crippen LogP contribution in [0.1, 0.15) is 66.2 Å². The van der Waals surface area contributed by atoms with Crippen molar-refractivity contribution in [1.29, 1.82) is 0 Å². The van der Waals surface area contributed by atoms with Gasteiger partial charge in [0.05, 0.1) is 6.04 Å². The summed E-state index contributed by atoms with van der Waals surface area (Å²) in [7, 11) is 0. The van der Waals surface area contributed by atoms with Gasteiger partial charge in [0.2, 0.25) is 0 Å². The molecular formula is C19H22N4O2. The van der Waals surface area contributed by atoms with Gasteiger partial charge in [0.15, 0.2) is 0 Å². The molecule has 1 atom stereocenters. The lowest BCUT2D eigenvalue weighted by molar-refractivity contribution is 0.0725. The van der Waals surface area contributed by atoms with E-state index in [4.69, 9.17) is 4.52 Å². The molecule has 4 rings (SSSR count). The van der Waals surface area contributed by atoms with Gasteiger partial charge in [-0.3, -0.25) is 4.79 Å². The first-order valence-corrected chi connectivity index (χ1v) is 8.76. The van der Waals surface area contributed by atoms with Gasteiger partial charge in [0.1, 0.15) is 22.8 Å². The van der Waals surface area contributed by atoms with Crippen LogP contribution in [0.3, 0.4) is 0 Å². The highest BCUT2D eigenvalue weighted by Crippen LogP contribution is 2.33. The number of carbonyl (C=O) groups excluding carboxylic acids is 1. The van der Waals surface area contributed by atoms with Crippen molar-refractivity contribution >= 4 is 11.6 Å². The van der Waals surface area contributed by atoms with E-state index in [0.717, 1.165) is 42.1 Å². The Morgan fingerprint density at radius 3 is 2.92 bits per heavy atom. The van der Waals surface area contributed by atoms with Crippen LogP contribution in [-0.4, -0.2) is 31.9 Å². The van der Waals surface area contributed by atoms with E-state index in [1.54, 1.807) is 0 Å². The number of aromatic nitrogens is 3. The van der Waals surface area contributed by atoms with E-state index >= 15 is 0 Å². The molecule has 0 spiro atoms. The van der Waals surface area contributed by atoms with Crippen molar-refractivity contribution in [3.05, 3.63) is 53.3 Å². The molecule has 0 aliphatic carbocycles. The Morgan fingerprint density at radius 2 is 2.16 bits per heavy atom. The molecule has 1 fully saturated rings. The summed E-state index contributed by atoms with van der Waals surface area (Å²) in [6.07, 6.45) is 5.66. The van der Waals surface area contributed by atoms with E-state index < -0.39 is 0 Å². The maximum atomic E-state index is 13.0. The third-order valence-corrected chi connectivity index (χ3v) is 4.79. The predicted octanol–water partition coefficient (Wildman–Crippen LogP) is 3.73. The molecule has 1 saturated heterocycles. The van der Waals surface area contributed by atoms with Gasteiger partial charge in [-0.1, -0.05) is 25.1 Å². The molecule has 1 aliphatic heterocycles. The molecule has 0 radical (unpaired) electrons. The van der Waals surface area contributed by atoms with Crippen molar-refractivity contribution in [3.8, 4) is 0 Å². The van der Waals surface area contributed by atoms with E-state index in [1.165, 1.54) is 0 Å². The smallest absolute Gasteiger partial charge is 0.274 e. The molecule has 0 bridgehead atoms. The van der Waals surface area contributed by atoms with Crippen molar-refractivity contribution in [1.82, 2.24) is 19.4 Å². The number of hydrogen-bond donors (Lipinski definition) is 0. The van der Waals surface area contributed by atoms with Gasteiger partial charge in [-0.25, -0.2) is 4.98 Å². The molecule has 0 unspecified atom stereocenters. The number of aryl methyl sites for hydroxylation is 1. The summed E-state index contributed by atoms with van der Waals surface area (Å²) >= 11 is 0. The maximum absolute atomic E-state index is 13.0. The molecule has 0 N–H and O–H groups in total. The van der Waals surface area contributed by atoms with Crippen LogP contribution in [0.4, 0.5) is 0 Å². The maximum Gasteiger partial charge on any atom is 0.274 e. The van der Waals surface area contributed by atoms with Gasteiger partial charge in [-0.2, -0.15) is 0 Å². The van der Waals surface area contributed by atoms with Gasteiger partial charge in [-0.05, 0) is 31.4 Å². The van der Waals surface area contributed by atoms with Crippen LogP contribution in [0.2, 0.25) is 0 Å². The molecule has 4 heterocycles. The Hall–Kier alpha value is -2.63. The molecule has 1 aliphatic rings. The number of imidazole rings is 1. The largest absolute Gasteiger partial charge is 0.361 e. The molecule has 0 saturated carbocycles. The lowest BCUT2D eigenvalue weighted by Gasteiger charge is -2.21. The molecule has 3 aromatic heterocycles. The van der Waals surface area contributed by atoms with Gasteiger partial charge >= 0.3 is 0 Å². The minimum Gasteiger partial charge on any atom is -0.361 e. The fraction of sp³-hybridized carbons (Fsp3) is 0.421. The summed E-state index contributed by atoms with van der Waals surface area (Å²) < 4.78 is 7.33. The zero-order chi connectivity index (χ0) is 17.6. The topological polar surface area (TPSA) is 63.6 Å². The Balaban J connectivity index is 1.62. The SMILES string of the molecule is Cc1ccc2nc(C(=O)N3CCC[C@@H]3c3cc(C(C)C)on3)cn2c1. The highest BCUT2D eigenvalue weighted by molar-refractivity contribution is 5.93. The summed E-state index contributed by atoms with van der Waals surface area (Å²) in [5, 5.41) is 4.21. The third kappa shape index (κ3) is 2.81. The predicted molar refractivity (Wildman–Crippen MR) is 93.5 cm³/mol. The second-order valence-electron chi connectivity index (χ2n) is 7.06. The van der Waals surface area contributed by atoms with E-state index in [0.29, 0.717) is 5.69 Å². The van der Waals surface area contributed by atoms with Crippen molar-refractivity contribution in [3.63, 3.8) is 0 Å². The Kier molecular flexibility index (Phi) is 3.82. The number of likely N-dealkylation sites (tertiary alicyclic amines) is 1. The second kappa shape index (κ2) is 6.02. The van der Waals surface area contributed by atoms with Crippen LogP contribution in [0.25, 0.3) is 5.65 Å². The Morgan fingerprint density at radius 1 is 1.32 bits per heavy atom. The summed E-state index contributed by atoms with van der Waals surface area (Å²) in [6.45, 7) is 6.88. The van der Waals surface area contributed by atoms with E-state index in [9.17, 15) is 4.79 Å². The summed E-state index contributed by atoms with van der Waals surface area (Å²) in [6, 6.07) is 5.88. The number of rotatable bonds is 3. The first-order valence-electron chi connectivity index (χ1n) is 8.76. The van der Waals surface area contributed by atoms with Crippen LogP contribution in [0.5, 0.6) is 0 Å². The molecule has 3 aromatic rings. The number of nitrogens with zero attached hydrogens (tertiary/aromatic N) is 4. The fourth-order valence-electron chi connectivity index (χ4n) is 3.40. The second-order valence-corrected chi connectivity index (χ2v) is 7.06. The first kappa shape index (κ1) is 15.9. The quantitative estimate of drug-likeness (QED) is 0.730. The molecule has 6 nitrogen and oxygen atoms in total. The number of carbonyl (C=O) groups is 1. The average molecular weight is 338 g/mol. The van der Waals surface area contributed by atoms with Gasteiger partial charge in [0, 0.05) is 30.9 Å². The van der Waals surface area contributed by atoms with Crippen molar-refractivity contribution in [2.75, 3.05) is 6.54 Å². The third-order valence-electron chi connectivity index (χ3n) is 4.79. The highest BCUT2D eigenvalue weighted by atomic mass is 16.5. The monoisotopic (exact) mass is 338 g/mol. The number of pyridine rings is 1. The van der Waals surface area contributed by atoms with Gasteiger partial charge in [0.25, 0.3) is 5.91 Å². The van der Waals surface area contributed by atoms with E-state index in [1.807, 2.05) is 46.8 Å². The molecule has 1 amide bonds.